The number of piperazine rings is 1. The van der Waals surface area contributed by atoms with E-state index in [1.54, 1.807) is 13.0 Å². The lowest BCUT2D eigenvalue weighted by atomic mass is 10.1. The number of halogens is 4. The smallest absolute Gasteiger partial charge is 0.389 e. The van der Waals surface area contributed by atoms with Crippen LogP contribution in [0.25, 0.3) is 0 Å². The van der Waals surface area contributed by atoms with Crippen LogP contribution in [-0.4, -0.2) is 53.3 Å². The summed E-state index contributed by atoms with van der Waals surface area (Å²) in [6.45, 7) is 2.70. The number of ether oxygens (including phenoxy) is 1. The zero-order chi connectivity index (χ0) is 25.9. The molecule has 1 fully saturated rings. The first-order valence-corrected chi connectivity index (χ1v) is 10.9. The number of aromatic nitrogens is 2. The Labute approximate surface area is 203 Å². The zero-order valence-corrected chi connectivity index (χ0v) is 19.1. The minimum Gasteiger partial charge on any atom is -0.389 e. The van der Waals surface area contributed by atoms with E-state index < -0.39 is 29.6 Å². The number of amides is 2. The molecule has 0 saturated carbocycles. The molecule has 0 aliphatic carbocycles. The van der Waals surface area contributed by atoms with E-state index in [1.807, 2.05) is 4.90 Å². The summed E-state index contributed by atoms with van der Waals surface area (Å²) in [5, 5.41) is 10.4. The zero-order valence-electron chi connectivity index (χ0n) is 19.1. The standard InChI is InChI=1S/C24H21F4N5O3/c1-15-14-16(25)6-7-19(15)29-23(35)36-21-9-8-20(30-31-21)32-10-12-33(13-11-32)22(34)17-4-2-3-5-18(17)24(26,27)28/h2-9,14H,10-13H2,1H3,(H,29,35). The van der Waals surface area contributed by atoms with Gasteiger partial charge < -0.3 is 14.5 Å². The van der Waals surface area contributed by atoms with Crippen LogP contribution in [0.2, 0.25) is 0 Å². The summed E-state index contributed by atoms with van der Waals surface area (Å²) in [7, 11) is 0. The second kappa shape index (κ2) is 10.2. The van der Waals surface area contributed by atoms with E-state index in [-0.39, 0.29) is 24.5 Å². The van der Waals surface area contributed by atoms with E-state index in [2.05, 4.69) is 15.5 Å². The van der Waals surface area contributed by atoms with E-state index in [0.29, 0.717) is 30.2 Å². The maximum Gasteiger partial charge on any atom is 0.418 e. The van der Waals surface area contributed by atoms with Crippen molar-refractivity contribution in [2.45, 2.75) is 13.1 Å². The summed E-state index contributed by atoms with van der Waals surface area (Å²) in [6.07, 6.45) is -5.44. The highest BCUT2D eigenvalue weighted by molar-refractivity contribution is 5.96. The van der Waals surface area contributed by atoms with E-state index in [4.69, 9.17) is 4.74 Å². The minimum absolute atomic E-state index is 0.0615. The molecule has 0 unspecified atom stereocenters. The third-order valence-corrected chi connectivity index (χ3v) is 5.60. The van der Waals surface area contributed by atoms with Gasteiger partial charge >= 0.3 is 12.3 Å². The molecule has 1 aliphatic heterocycles. The van der Waals surface area contributed by atoms with E-state index >= 15 is 0 Å². The van der Waals surface area contributed by atoms with Crippen LogP contribution in [0.5, 0.6) is 5.88 Å². The maximum absolute atomic E-state index is 13.3. The molecule has 1 N–H and O–H groups in total. The average molecular weight is 503 g/mol. The van der Waals surface area contributed by atoms with E-state index in [9.17, 15) is 27.2 Å². The van der Waals surface area contributed by atoms with Crippen LogP contribution < -0.4 is 15.0 Å². The number of nitrogens with one attached hydrogen (secondary N) is 1. The molecule has 0 atom stereocenters. The van der Waals surface area contributed by atoms with Gasteiger partial charge in [-0.1, -0.05) is 12.1 Å². The maximum atomic E-state index is 13.3. The molecule has 4 rings (SSSR count). The molecule has 188 valence electrons. The van der Waals surface area contributed by atoms with Crippen molar-refractivity contribution < 1.29 is 31.9 Å². The van der Waals surface area contributed by atoms with Crippen molar-refractivity contribution in [1.82, 2.24) is 15.1 Å². The Bertz CT molecular complexity index is 1260. The number of benzene rings is 2. The lowest BCUT2D eigenvalue weighted by Gasteiger charge is -2.35. The number of alkyl halides is 3. The SMILES string of the molecule is Cc1cc(F)ccc1NC(=O)Oc1ccc(N2CCN(C(=O)c3ccccc3C(F)(F)F)CC2)nn1. The van der Waals surface area contributed by atoms with E-state index in [1.165, 1.54) is 47.4 Å². The molecular formula is C24H21F4N5O3. The normalized spacial score (nSPS) is 13.9. The van der Waals surface area contributed by atoms with Gasteiger partial charge in [0.15, 0.2) is 5.82 Å². The number of carbonyl (C=O) groups is 2. The Morgan fingerprint density at radius 2 is 1.69 bits per heavy atom. The van der Waals surface area contributed by atoms with Crippen LogP contribution in [0.1, 0.15) is 21.5 Å². The van der Waals surface area contributed by atoms with Gasteiger partial charge in [-0.15, -0.1) is 10.2 Å². The number of nitrogens with zero attached hydrogens (tertiary/aromatic N) is 4. The molecular weight excluding hydrogens is 482 g/mol. The summed E-state index contributed by atoms with van der Waals surface area (Å²) < 4.78 is 58.1. The highest BCUT2D eigenvalue weighted by Gasteiger charge is 2.36. The Morgan fingerprint density at radius 3 is 2.33 bits per heavy atom. The molecule has 3 aromatic rings. The second-order valence-corrected chi connectivity index (χ2v) is 8.03. The second-order valence-electron chi connectivity index (χ2n) is 8.03. The van der Waals surface area contributed by atoms with Gasteiger partial charge in [0.1, 0.15) is 5.82 Å². The predicted octanol–water partition coefficient (Wildman–Crippen LogP) is 4.52. The summed E-state index contributed by atoms with van der Waals surface area (Å²) in [5.74, 6) is -0.711. The lowest BCUT2D eigenvalue weighted by Crippen LogP contribution is -2.49. The van der Waals surface area contributed by atoms with Crippen molar-refractivity contribution in [1.29, 1.82) is 0 Å². The number of hydrogen-bond donors (Lipinski definition) is 1. The first kappa shape index (κ1) is 24.9. The van der Waals surface area contributed by atoms with Crippen molar-refractivity contribution in [2.75, 3.05) is 36.4 Å². The summed E-state index contributed by atoms with van der Waals surface area (Å²) >= 11 is 0. The minimum atomic E-state index is -4.62. The topological polar surface area (TPSA) is 87.7 Å². The van der Waals surface area contributed by atoms with Crippen LogP contribution in [0.15, 0.2) is 54.6 Å². The molecule has 0 radical (unpaired) electrons. The van der Waals surface area contributed by atoms with Crippen molar-refractivity contribution in [3.05, 3.63) is 77.1 Å². The van der Waals surface area contributed by atoms with Crippen LogP contribution in [-0.2, 0) is 6.18 Å². The summed E-state index contributed by atoms with van der Waals surface area (Å²) in [6, 6.07) is 11.6. The fourth-order valence-corrected chi connectivity index (χ4v) is 3.76. The molecule has 2 amide bonds. The number of aryl methyl sites for hydroxylation is 1. The monoisotopic (exact) mass is 503 g/mol. The number of rotatable bonds is 4. The molecule has 12 heteroatoms. The third-order valence-electron chi connectivity index (χ3n) is 5.60. The molecule has 0 spiro atoms. The van der Waals surface area contributed by atoms with Gasteiger partial charge in [-0.25, -0.2) is 9.18 Å². The van der Waals surface area contributed by atoms with Crippen LogP contribution in [0.4, 0.5) is 33.9 Å². The quantitative estimate of drug-likeness (QED) is 0.527. The molecule has 0 bridgehead atoms. The Morgan fingerprint density at radius 1 is 0.972 bits per heavy atom. The molecule has 1 aliphatic rings. The molecule has 1 aromatic heterocycles. The van der Waals surface area contributed by atoms with Crippen molar-refractivity contribution in [2.24, 2.45) is 0 Å². The largest absolute Gasteiger partial charge is 0.418 e. The van der Waals surface area contributed by atoms with E-state index in [0.717, 1.165) is 6.07 Å². The van der Waals surface area contributed by atoms with Crippen LogP contribution in [0, 0.1) is 12.7 Å². The third kappa shape index (κ3) is 5.70. The highest BCUT2D eigenvalue weighted by Crippen LogP contribution is 2.32. The molecule has 8 nitrogen and oxygen atoms in total. The van der Waals surface area contributed by atoms with Crippen LogP contribution >= 0.6 is 0 Å². The van der Waals surface area contributed by atoms with Crippen LogP contribution in [0.3, 0.4) is 0 Å². The molecule has 1 saturated heterocycles. The van der Waals surface area contributed by atoms with Gasteiger partial charge in [-0.05, 0) is 48.9 Å². The lowest BCUT2D eigenvalue weighted by molar-refractivity contribution is -0.138. The Balaban J connectivity index is 1.33. The molecule has 2 aromatic carbocycles. The highest BCUT2D eigenvalue weighted by atomic mass is 19.4. The Hall–Kier alpha value is -4.22. The average Bonchev–Trinajstić information content (AvgIpc) is 2.85. The van der Waals surface area contributed by atoms with Crippen molar-refractivity contribution in [3.63, 3.8) is 0 Å². The van der Waals surface area contributed by atoms with Gasteiger partial charge in [-0.3, -0.25) is 10.1 Å². The fraction of sp³-hybridized carbons (Fsp3) is 0.250. The van der Waals surface area contributed by atoms with Crippen molar-refractivity contribution >= 4 is 23.5 Å². The summed E-state index contributed by atoms with van der Waals surface area (Å²) in [5.41, 5.74) is -0.435. The Kier molecular flexibility index (Phi) is 7.04. The predicted molar refractivity (Wildman–Crippen MR) is 122 cm³/mol. The molecule has 2 heterocycles. The number of carbonyl (C=O) groups excluding carboxylic acids is 2. The van der Waals surface area contributed by atoms with Gasteiger partial charge in [0.25, 0.3) is 5.91 Å². The van der Waals surface area contributed by atoms with Gasteiger partial charge in [-0.2, -0.15) is 13.2 Å². The van der Waals surface area contributed by atoms with Gasteiger partial charge in [0.05, 0.1) is 11.1 Å². The number of hydrogen-bond acceptors (Lipinski definition) is 6. The first-order valence-electron chi connectivity index (χ1n) is 10.9. The van der Waals surface area contributed by atoms with Gasteiger partial charge in [0, 0.05) is 37.9 Å². The first-order chi connectivity index (χ1) is 17.1. The fourth-order valence-electron chi connectivity index (χ4n) is 3.76. The van der Waals surface area contributed by atoms with Gasteiger partial charge in [0.2, 0.25) is 5.88 Å². The number of anilines is 2. The summed E-state index contributed by atoms with van der Waals surface area (Å²) in [4.78, 5) is 28.0. The van der Waals surface area contributed by atoms with Crippen molar-refractivity contribution in [3.8, 4) is 5.88 Å². The molecule has 36 heavy (non-hydrogen) atoms.